The Bertz CT molecular complexity index is 1230. The molecular formula is C19H17N7O2. The second-order valence-corrected chi connectivity index (χ2v) is 6.32. The highest BCUT2D eigenvalue weighted by molar-refractivity contribution is 5.94. The molecule has 2 aromatic carbocycles. The molecule has 4 aromatic rings. The average Bonchev–Trinajstić information content (AvgIpc) is 3.14. The molecule has 0 fully saturated rings. The molecule has 0 bridgehead atoms. The fourth-order valence-corrected chi connectivity index (χ4v) is 2.87. The molecule has 0 spiro atoms. The smallest absolute Gasteiger partial charge is 0.261 e. The Morgan fingerprint density at radius 3 is 2.75 bits per heavy atom. The van der Waals surface area contributed by atoms with Gasteiger partial charge in [-0.3, -0.25) is 14.2 Å². The minimum absolute atomic E-state index is 0.259. The second-order valence-electron chi connectivity index (χ2n) is 6.32. The third-order valence-corrected chi connectivity index (χ3v) is 4.38. The minimum atomic E-state index is -0.733. The molecule has 1 amide bonds. The van der Waals surface area contributed by atoms with Crippen LogP contribution >= 0.6 is 0 Å². The standard InChI is InChI=1S/C19H17N7O2/c1-12(26-11-20-16-9-4-3-8-15(16)19(26)28)18(27)21-14-7-5-6-13(10-14)17-22-24-25(2)23-17/h3-12H,1-2H3,(H,21,27)/t12-/m0/s1. The summed E-state index contributed by atoms with van der Waals surface area (Å²) in [4.78, 5) is 31.0. The van der Waals surface area contributed by atoms with Gasteiger partial charge in [0.15, 0.2) is 0 Å². The van der Waals surface area contributed by atoms with Gasteiger partial charge in [-0.05, 0) is 36.4 Å². The maximum absolute atomic E-state index is 12.7. The summed E-state index contributed by atoms with van der Waals surface area (Å²) >= 11 is 0. The Morgan fingerprint density at radius 2 is 1.96 bits per heavy atom. The van der Waals surface area contributed by atoms with Crippen molar-refractivity contribution < 1.29 is 4.79 Å². The van der Waals surface area contributed by atoms with E-state index in [4.69, 9.17) is 0 Å². The number of hydrogen-bond donors (Lipinski definition) is 1. The highest BCUT2D eigenvalue weighted by atomic mass is 16.2. The Balaban J connectivity index is 1.59. The summed E-state index contributed by atoms with van der Waals surface area (Å²) in [6, 6.07) is 13.4. The number of amides is 1. The number of hydrogen-bond acceptors (Lipinski definition) is 6. The normalized spacial score (nSPS) is 12.1. The molecule has 0 saturated carbocycles. The zero-order valence-electron chi connectivity index (χ0n) is 15.3. The van der Waals surface area contributed by atoms with Crippen LogP contribution in [0.4, 0.5) is 5.69 Å². The van der Waals surface area contributed by atoms with Gasteiger partial charge in [0.2, 0.25) is 11.7 Å². The molecule has 0 aliphatic rings. The topological polar surface area (TPSA) is 108 Å². The lowest BCUT2D eigenvalue weighted by Gasteiger charge is -2.15. The van der Waals surface area contributed by atoms with Crippen LogP contribution in [-0.4, -0.2) is 35.7 Å². The average molecular weight is 375 g/mol. The van der Waals surface area contributed by atoms with Crippen LogP contribution in [0.5, 0.6) is 0 Å². The van der Waals surface area contributed by atoms with E-state index in [-0.39, 0.29) is 11.5 Å². The van der Waals surface area contributed by atoms with Crippen molar-refractivity contribution >= 4 is 22.5 Å². The van der Waals surface area contributed by atoms with Crippen molar-refractivity contribution in [2.75, 3.05) is 5.32 Å². The van der Waals surface area contributed by atoms with Gasteiger partial charge >= 0.3 is 0 Å². The summed E-state index contributed by atoms with van der Waals surface area (Å²) < 4.78 is 1.33. The Labute approximate surface area is 159 Å². The van der Waals surface area contributed by atoms with E-state index in [1.807, 2.05) is 12.1 Å². The molecule has 9 heteroatoms. The number of aromatic nitrogens is 6. The predicted molar refractivity (Wildman–Crippen MR) is 104 cm³/mol. The molecule has 28 heavy (non-hydrogen) atoms. The number of carbonyl (C=O) groups excluding carboxylic acids is 1. The maximum Gasteiger partial charge on any atom is 0.261 e. The Kier molecular flexibility index (Phi) is 4.40. The van der Waals surface area contributed by atoms with Gasteiger partial charge in [-0.1, -0.05) is 24.3 Å². The van der Waals surface area contributed by atoms with Crippen molar-refractivity contribution in [3.63, 3.8) is 0 Å². The number of carbonyl (C=O) groups is 1. The molecule has 0 aliphatic heterocycles. The van der Waals surface area contributed by atoms with E-state index in [0.29, 0.717) is 22.4 Å². The number of nitrogens with zero attached hydrogens (tertiary/aromatic N) is 6. The Hall–Kier alpha value is -3.88. The van der Waals surface area contributed by atoms with E-state index >= 15 is 0 Å². The number of aryl methyl sites for hydroxylation is 1. The third kappa shape index (κ3) is 3.25. The molecule has 1 N–H and O–H groups in total. The second kappa shape index (κ2) is 7.03. The number of fused-ring (bicyclic) bond motifs is 1. The molecule has 1 atom stereocenters. The van der Waals surface area contributed by atoms with Gasteiger partial charge in [0.1, 0.15) is 6.04 Å². The lowest BCUT2D eigenvalue weighted by Crippen LogP contribution is -2.31. The Morgan fingerprint density at radius 1 is 1.14 bits per heavy atom. The lowest BCUT2D eigenvalue weighted by molar-refractivity contribution is -0.118. The summed E-state index contributed by atoms with van der Waals surface area (Å²) in [5.74, 6) is 0.130. The minimum Gasteiger partial charge on any atom is -0.324 e. The highest BCUT2D eigenvalue weighted by Gasteiger charge is 2.18. The molecule has 2 aromatic heterocycles. The fraction of sp³-hybridized carbons (Fsp3) is 0.158. The van der Waals surface area contributed by atoms with Crippen LogP contribution in [0, 0.1) is 0 Å². The van der Waals surface area contributed by atoms with Crippen LogP contribution < -0.4 is 10.9 Å². The van der Waals surface area contributed by atoms with Crippen molar-refractivity contribution in [3.8, 4) is 11.4 Å². The van der Waals surface area contributed by atoms with E-state index in [1.54, 1.807) is 50.4 Å². The summed E-state index contributed by atoms with van der Waals surface area (Å²) in [5, 5.41) is 15.2. The van der Waals surface area contributed by atoms with Gasteiger partial charge in [-0.2, -0.15) is 4.80 Å². The number of tetrazole rings is 1. The largest absolute Gasteiger partial charge is 0.324 e. The van der Waals surface area contributed by atoms with Crippen LogP contribution in [0.1, 0.15) is 13.0 Å². The highest BCUT2D eigenvalue weighted by Crippen LogP contribution is 2.19. The summed E-state index contributed by atoms with van der Waals surface area (Å²) in [7, 11) is 1.68. The first kappa shape index (κ1) is 17.5. The quantitative estimate of drug-likeness (QED) is 0.583. The van der Waals surface area contributed by atoms with Crippen LogP contribution in [0.15, 0.2) is 59.7 Å². The van der Waals surface area contributed by atoms with Crippen LogP contribution in [-0.2, 0) is 11.8 Å². The van der Waals surface area contributed by atoms with E-state index in [0.717, 1.165) is 5.56 Å². The van der Waals surface area contributed by atoms with Gasteiger partial charge in [0.05, 0.1) is 24.3 Å². The molecule has 0 radical (unpaired) electrons. The molecule has 2 heterocycles. The monoisotopic (exact) mass is 375 g/mol. The summed E-state index contributed by atoms with van der Waals surface area (Å²) in [6.45, 7) is 1.65. The summed E-state index contributed by atoms with van der Waals surface area (Å²) in [6.07, 6.45) is 1.40. The molecule has 0 unspecified atom stereocenters. The molecule has 140 valence electrons. The van der Waals surface area contributed by atoms with Crippen LogP contribution in [0.25, 0.3) is 22.3 Å². The summed E-state index contributed by atoms with van der Waals surface area (Å²) in [5.41, 5.74) is 1.64. The van der Waals surface area contributed by atoms with Crippen LogP contribution in [0.3, 0.4) is 0 Å². The SMILES string of the molecule is C[C@@H](C(=O)Nc1cccc(-c2nnn(C)n2)c1)n1cnc2ccccc2c1=O. The van der Waals surface area contributed by atoms with Crippen molar-refractivity contribution in [1.29, 1.82) is 0 Å². The van der Waals surface area contributed by atoms with Gasteiger partial charge in [0.25, 0.3) is 5.56 Å². The number of benzene rings is 2. The predicted octanol–water partition coefficient (Wildman–Crippen LogP) is 1.79. The van der Waals surface area contributed by atoms with Crippen LogP contribution in [0.2, 0.25) is 0 Å². The molecule has 9 nitrogen and oxygen atoms in total. The van der Waals surface area contributed by atoms with Crippen molar-refractivity contribution in [2.24, 2.45) is 7.05 Å². The first-order valence-corrected chi connectivity index (χ1v) is 8.64. The number of nitrogens with one attached hydrogen (secondary N) is 1. The first-order chi connectivity index (χ1) is 13.5. The molecular weight excluding hydrogens is 358 g/mol. The fourth-order valence-electron chi connectivity index (χ4n) is 2.87. The van der Waals surface area contributed by atoms with E-state index in [1.165, 1.54) is 15.7 Å². The van der Waals surface area contributed by atoms with E-state index in [2.05, 4.69) is 25.7 Å². The van der Waals surface area contributed by atoms with Crippen molar-refractivity contribution in [3.05, 3.63) is 65.2 Å². The number of rotatable bonds is 4. The lowest BCUT2D eigenvalue weighted by atomic mass is 10.2. The zero-order chi connectivity index (χ0) is 19.7. The first-order valence-electron chi connectivity index (χ1n) is 8.64. The third-order valence-electron chi connectivity index (χ3n) is 4.38. The van der Waals surface area contributed by atoms with Crippen molar-refractivity contribution in [1.82, 2.24) is 29.8 Å². The van der Waals surface area contributed by atoms with Gasteiger partial charge in [0, 0.05) is 11.3 Å². The molecule has 4 rings (SSSR count). The van der Waals surface area contributed by atoms with Gasteiger partial charge < -0.3 is 5.32 Å². The number of anilines is 1. The molecule has 0 saturated heterocycles. The molecule has 0 aliphatic carbocycles. The van der Waals surface area contributed by atoms with E-state index < -0.39 is 6.04 Å². The zero-order valence-corrected chi connectivity index (χ0v) is 15.3. The van der Waals surface area contributed by atoms with E-state index in [9.17, 15) is 9.59 Å². The number of para-hydroxylation sites is 1. The van der Waals surface area contributed by atoms with Gasteiger partial charge in [-0.15, -0.1) is 10.2 Å². The van der Waals surface area contributed by atoms with Crippen molar-refractivity contribution in [2.45, 2.75) is 13.0 Å². The maximum atomic E-state index is 12.7. The van der Waals surface area contributed by atoms with Gasteiger partial charge in [-0.25, -0.2) is 4.98 Å².